The van der Waals surface area contributed by atoms with Crippen LogP contribution >= 0.6 is 0 Å². The zero-order valence-electron chi connectivity index (χ0n) is 13.0. The summed E-state index contributed by atoms with van der Waals surface area (Å²) >= 11 is 0. The molecule has 1 amide bonds. The van der Waals surface area contributed by atoms with Crippen molar-refractivity contribution in [2.75, 3.05) is 6.61 Å². The number of amides is 1. The molecule has 0 bridgehead atoms. The summed E-state index contributed by atoms with van der Waals surface area (Å²) in [6.07, 6.45) is 0. The molecule has 1 aromatic carbocycles. The molecular weight excluding hydrogens is 310 g/mol. The lowest BCUT2D eigenvalue weighted by molar-refractivity contribution is 0.0940. The van der Waals surface area contributed by atoms with E-state index in [1.807, 2.05) is 37.3 Å². The Hall–Kier alpha value is -3.29. The first-order valence-electron chi connectivity index (χ1n) is 7.39. The Labute approximate surface area is 137 Å². The summed E-state index contributed by atoms with van der Waals surface area (Å²) in [5.41, 5.74) is 1.03. The van der Waals surface area contributed by atoms with E-state index in [4.69, 9.17) is 9.26 Å². The Bertz CT molecular complexity index is 802. The number of nitrogens with one attached hydrogen (secondary N) is 1. The summed E-state index contributed by atoms with van der Waals surface area (Å²) < 4.78 is 10.3. The Kier molecular flexibility index (Phi) is 4.76. The molecule has 0 saturated carbocycles. The standard InChI is InChI=1S/C16H15N5O3/c1-2-23-13-9-8-12(19-20-13)16(22)17-10-14-18-15(21-24-14)11-6-4-3-5-7-11/h3-9H,2,10H2,1H3,(H,17,22). The molecule has 1 N–H and O–H groups in total. The summed E-state index contributed by atoms with van der Waals surface area (Å²) in [5.74, 6) is 0.769. The van der Waals surface area contributed by atoms with Crippen LogP contribution in [0.15, 0.2) is 47.0 Å². The second-order valence-corrected chi connectivity index (χ2v) is 4.75. The number of ether oxygens (including phenoxy) is 1. The van der Waals surface area contributed by atoms with Gasteiger partial charge in [-0.1, -0.05) is 35.5 Å². The molecule has 0 unspecified atom stereocenters. The molecule has 0 aliphatic rings. The Morgan fingerprint density at radius 2 is 2.00 bits per heavy atom. The summed E-state index contributed by atoms with van der Waals surface area (Å²) in [5, 5.41) is 14.2. The van der Waals surface area contributed by atoms with Crippen LogP contribution in [0.2, 0.25) is 0 Å². The lowest BCUT2D eigenvalue weighted by Gasteiger charge is -2.03. The highest BCUT2D eigenvalue weighted by Gasteiger charge is 2.12. The molecule has 3 rings (SSSR count). The fourth-order valence-electron chi connectivity index (χ4n) is 1.94. The van der Waals surface area contributed by atoms with Gasteiger partial charge in [0.25, 0.3) is 5.91 Å². The minimum absolute atomic E-state index is 0.105. The topological polar surface area (TPSA) is 103 Å². The van der Waals surface area contributed by atoms with Gasteiger partial charge < -0.3 is 14.6 Å². The number of carbonyl (C=O) groups is 1. The molecule has 0 aliphatic carbocycles. The minimum atomic E-state index is -0.384. The average Bonchev–Trinajstić information content (AvgIpc) is 3.10. The number of hydrogen-bond donors (Lipinski definition) is 1. The normalized spacial score (nSPS) is 10.4. The minimum Gasteiger partial charge on any atom is -0.477 e. The van der Waals surface area contributed by atoms with E-state index >= 15 is 0 Å². The van der Waals surface area contributed by atoms with Gasteiger partial charge in [0.05, 0.1) is 13.2 Å². The largest absolute Gasteiger partial charge is 0.477 e. The Balaban J connectivity index is 1.59. The van der Waals surface area contributed by atoms with Crippen molar-refractivity contribution in [3.8, 4) is 17.3 Å². The summed E-state index contributed by atoms with van der Waals surface area (Å²) in [4.78, 5) is 16.3. The lowest BCUT2D eigenvalue weighted by Crippen LogP contribution is -2.24. The molecule has 0 radical (unpaired) electrons. The van der Waals surface area contributed by atoms with Crippen LogP contribution in [-0.2, 0) is 6.54 Å². The van der Waals surface area contributed by atoms with Crippen molar-refractivity contribution in [3.05, 3.63) is 54.0 Å². The molecule has 0 aliphatic heterocycles. The second-order valence-electron chi connectivity index (χ2n) is 4.75. The molecule has 0 saturated heterocycles. The SMILES string of the molecule is CCOc1ccc(C(=O)NCc2nc(-c3ccccc3)no2)nn1. The monoisotopic (exact) mass is 325 g/mol. The van der Waals surface area contributed by atoms with E-state index in [2.05, 4.69) is 25.7 Å². The van der Waals surface area contributed by atoms with Crippen molar-refractivity contribution in [2.45, 2.75) is 13.5 Å². The van der Waals surface area contributed by atoms with Gasteiger partial charge in [0.1, 0.15) is 0 Å². The van der Waals surface area contributed by atoms with E-state index in [9.17, 15) is 4.79 Å². The zero-order chi connectivity index (χ0) is 16.8. The molecule has 24 heavy (non-hydrogen) atoms. The first-order chi connectivity index (χ1) is 11.8. The van der Waals surface area contributed by atoms with Crippen molar-refractivity contribution < 1.29 is 14.1 Å². The van der Waals surface area contributed by atoms with Gasteiger partial charge >= 0.3 is 0 Å². The molecular formula is C16H15N5O3. The van der Waals surface area contributed by atoms with Gasteiger partial charge in [0.2, 0.25) is 17.6 Å². The average molecular weight is 325 g/mol. The van der Waals surface area contributed by atoms with Gasteiger partial charge in [-0.05, 0) is 13.0 Å². The first kappa shape index (κ1) is 15.6. The van der Waals surface area contributed by atoms with Crippen molar-refractivity contribution in [3.63, 3.8) is 0 Å². The molecule has 2 aromatic heterocycles. The van der Waals surface area contributed by atoms with E-state index in [0.29, 0.717) is 24.2 Å². The number of carbonyl (C=O) groups excluding carboxylic acids is 1. The molecule has 122 valence electrons. The molecule has 8 nitrogen and oxygen atoms in total. The van der Waals surface area contributed by atoms with Crippen molar-refractivity contribution >= 4 is 5.91 Å². The van der Waals surface area contributed by atoms with Crippen LogP contribution in [0, 0.1) is 0 Å². The third kappa shape index (κ3) is 3.72. The smallest absolute Gasteiger partial charge is 0.272 e. The number of rotatable bonds is 6. The third-order valence-corrected chi connectivity index (χ3v) is 3.07. The summed E-state index contributed by atoms with van der Waals surface area (Å²) in [7, 11) is 0. The number of benzene rings is 1. The lowest BCUT2D eigenvalue weighted by atomic mass is 10.2. The maximum absolute atomic E-state index is 12.0. The van der Waals surface area contributed by atoms with E-state index in [1.165, 1.54) is 6.07 Å². The van der Waals surface area contributed by atoms with Crippen molar-refractivity contribution in [1.82, 2.24) is 25.7 Å². The van der Waals surface area contributed by atoms with Crippen LogP contribution in [0.25, 0.3) is 11.4 Å². The predicted molar refractivity (Wildman–Crippen MR) is 84.1 cm³/mol. The first-order valence-corrected chi connectivity index (χ1v) is 7.39. The Morgan fingerprint density at radius 3 is 2.71 bits per heavy atom. The highest BCUT2D eigenvalue weighted by atomic mass is 16.5. The molecule has 8 heteroatoms. The molecule has 0 fully saturated rings. The zero-order valence-corrected chi connectivity index (χ0v) is 13.0. The van der Waals surface area contributed by atoms with E-state index in [1.54, 1.807) is 6.07 Å². The highest BCUT2D eigenvalue weighted by Crippen LogP contribution is 2.14. The predicted octanol–water partition coefficient (Wildman–Crippen LogP) is 1.86. The summed E-state index contributed by atoms with van der Waals surface area (Å²) in [6.45, 7) is 2.44. The van der Waals surface area contributed by atoms with Crippen LogP contribution in [0.3, 0.4) is 0 Å². The third-order valence-electron chi connectivity index (χ3n) is 3.07. The highest BCUT2D eigenvalue weighted by molar-refractivity contribution is 5.91. The fourth-order valence-corrected chi connectivity index (χ4v) is 1.94. The van der Waals surface area contributed by atoms with E-state index < -0.39 is 0 Å². The van der Waals surface area contributed by atoms with Crippen LogP contribution in [0.5, 0.6) is 5.88 Å². The summed E-state index contributed by atoms with van der Waals surface area (Å²) in [6, 6.07) is 12.6. The van der Waals surface area contributed by atoms with Gasteiger partial charge in [-0.25, -0.2) is 0 Å². The molecule has 2 heterocycles. The molecule has 0 atom stereocenters. The van der Waals surface area contributed by atoms with E-state index in [0.717, 1.165) is 5.56 Å². The maximum atomic E-state index is 12.0. The van der Waals surface area contributed by atoms with Crippen molar-refractivity contribution in [2.24, 2.45) is 0 Å². The van der Waals surface area contributed by atoms with Gasteiger partial charge in [0, 0.05) is 11.6 Å². The molecule has 3 aromatic rings. The Morgan fingerprint density at radius 1 is 1.17 bits per heavy atom. The van der Waals surface area contributed by atoms with Crippen LogP contribution in [-0.4, -0.2) is 32.9 Å². The number of nitrogens with zero attached hydrogens (tertiary/aromatic N) is 4. The van der Waals surface area contributed by atoms with Gasteiger partial charge in [-0.3, -0.25) is 4.79 Å². The molecule has 0 spiro atoms. The van der Waals surface area contributed by atoms with Gasteiger partial charge in [0.15, 0.2) is 5.69 Å². The van der Waals surface area contributed by atoms with Gasteiger partial charge in [-0.2, -0.15) is 4.98 Å². The number of hydrogen-bond acceptors (Lipinski definition) is 7. The quantitative estimate of drug-likeness (QED) is 0.737. The van der Waals surface area contributed by atoms with Gasteiger partial charge in [-0.15, -0.1) is 10.2 Å². The fraction of sp³-hybridized carbons (Fsp3) is 0.188. The van der Waals surface area contributed by atoms with Crippen LogP contribution < -0.4 is 10.1 Å². The number of aromatic nitrogens is 4. The maximum Gasteiger partial charge on any atom is 0.272 e. The second kappa shape index (κ2) is 7.32. The van der Waals surface area contributed by atoms with Crippen molar-refractivity contribution in [1.29, 1.82) is 0 Å². The van der Waals surface area contributed by atoms with E-state index in [-0.39, 0.29) is 18.1 Å². The van der Waals surface area contributed by atoms with Crippen LogP contribution in [0.1, 0.15) is 23.3 Å². The van der Waals surface area contributed by atoms with Crippen LogP contribution in [0.4, 0.5) is 0 Å².